The van der Waals surface area contributed by atoms with Gasteiger partial charge in [0.15, 0.2) is 5.78 Å². The van der Waals surface area contributed by atoms with Crippen molar-refractivity contribution in [3.63, 3.8) is 0 Å². The Morgan fingerprint density at radius 2 is 1.54 bits per heavy atom. The van der Waals surface area contributed by atoms with E-state index in [-0.39, 0.29) is 29.9 Å². The molecule has 0 radical (unpaired) electrons. The van der Waals surface area contributed by atoms with Crippen LogP contribution in [0.5, 0.6) is 0 Å². The summed E-state index contributed by atoms with van der Waals surface area (Å²) in [5.74, 6) is 0.245. The van der Waals surface area contributed by atoms with Gasteiger partial charge in [-0.1, -0.05) is 49.1 Å². The molecule has 2 bridgehead atoms. The lowest BCUT2D eigenvalue weighted by molar-refractivity contribution is -0.0260. The molecule has 2 fully saturated rings. The van der Waals surface area contributed by atoms with Crippen LogP contribution in [0, 0.1) is 5.92 Å². The molecule has 2 saturated heterocycles. The van der Waals surface area contributed by atoms with Gasteiger partial charge in [0.1, 0.15) is 5.60 Å². The molecule has 3 rings (SSSR count). The number of benzene rings is 1. The van der Waals surface area contributed by atoms with Crippen LogP contribution in [0.4, 0.5) is 4.79 Å². The molecular formula is C23H35NO3Si. The smallest absolute Gasteiger partial charge is 0.410 e. The first-order chi connectivity index (χ1) is 13.0. The Morgan fingerprint density at radius 1 is 1.00 bits per heavy atom. The maximum Gasteiger partial charge on any atom is 0.410 e. The number of Topliss-reactive ketones (excluding diaryl/α,β-unsaturated/α-hetero) is 1. The van der Waals surface area contributed by atoms with Crippen molar-refractivity contribution in [2.24, 2.45) is 5.92 Å². The molecule has 0 aliphatic carbocycles. The zero-order valence-electron chi connectivity index (χ0n) is 18.2. The van der Waals surface area contributed by atoms with Crippen LogP contribution in [0.2, 0.25) is 19.6 Å². The predicted molar refractivity (Wildman–Crippen MR) is 116 cm³/mol. The van der Waals surface area contributed by atoms with Gasteiger partial charge in [0.25, 0.3) is 0 Å². The van der Waals surface area contributed by atoms with Crippen LogP contribution in [0.3, 0.4) is 0 Å². The Hall–Kier alpha value is -1.62. The van der Waals surface area contributed by atoms with Crippen molar-refractivity contribution in [2.75, 3.05) is 0 Å². The lowest BCUT2D eigenvalue weighted by Crippen LogP contribution is -2.56. The Labute approximate surface area is 170 Å². The average molecular weight is 402 g/mol. The molecule has 1 amide bonds. The molecule has 154 valence electrons. The van der Waals surface area contributed by atoms with E-state index in [0.717, 1.165) is 37.7 Å². The summed E-state index contributed by atoms with van der Waals surface area (Å²) in [4.78, 5) is 27.8. The number of carbonyl (C=O) groups excluding carboxylic acids is 2. The van der Waals surface area contributed by atoms with E-state index >= 15 is 0 Å². The quantitative estimate of drug-likeness (QED) is 0.530. The number of hydrogen-bond donors (Lipinski definition) is 0. The monoisotopic (exact) mass is 401 g/mol. The molecule has 0 N–H and O–H groups in total. The molecule has 2 unspecified atom stereocenters. The van der Waals surface area contributed by atoms with E-state index in [9.17, 15) is 9.59 Å². The highest BCUT2D eigenvalue weighted by Gasteiger charge is 2.44. The van der Waals surface area contributed by atoms with Gasteiger partial charge in [0.05, 0.1) is 8.07 Å². The third-order valence-corrected chi connectivity index (χ3v) is 8.05. The van der Waals surface area contributed by atoms with Gasteiger partial charge in [-0.2, -0.15) is 0 Å². The van der Waals surface area contributed by atoms with Crippen molar-refractivity contribution in [1.82, 2.24) is 4.90 Å². The molecule has 2 atom stereocenters. The Kier molecular flexibility index (Phi) is 5.77. The molecule has 5 heteroatoms. The number of carbonyl (C=O) groups is 2. The lowest BCUT2D eigenvalue weighted by Gasteiger charge is -2.48. The van der Waals surface area contributed by atoms with Crippen LogP contribution in [0.25, 0.3) is 0 Å². The number of piperidine rings is 2. The number of nitrogens with zero attached hydrogens (tertiary/aromatic N) is 1. The van der Waals surface area contributed by atoms with Crippen molar-refractivity contribution >= 4 is 25.1 Å². The van der Waals surface area contributed by atoms with Gasteiger partial charge in [0, 0.05) is 23.6 Å². The molecular weight excluding hydrogens is 366 g/mol. The second-order valence-corrected chi connectivity index (χ2v) is 15.6. The summed E-state index contributed by atoms with van der Waals surface area (Å²) >= 11 is 0. The van der Waals surface area contributed by atoms with Gasteiger partial charge in [-0.05, 0) is 52.9 Å². The first kappa shape index (κ1) is 21.1. The fourth-order valence-corrected chi connectivity index (χ4v) is 5.75. The second-order valence-electron chi connectivity index (χ2n) is 10.5. The highest BCUT2D eigenvalue weighted by Crippen LogP contribution is 2.39. The molecule has 1 aromatic rings. The van der Waals surface area contributed by atoms with Crippen molar-refractivity contribution in [1.29, 1.82) is 0 Å². The number of amides is 1. The Balaban J connectivity index is 1.73. The molecule has 2 aliphatic heterocycles. The number of hydrogen-bond acceptors (Lipinski definition) is 3. The van der Waals surface area contributed by atoms with Gasteiger partial charge in [-0.15, -0.1) is 0 Å². The minimum absolute atomic E-state index is 0.00622. The predicted octanol–water partition coefficient (Wildman–Crippen LogP) is 4.98. The molecule has 2 heterocycles. The summed E-state index contributed by atoms with van der Waals surface area (Å²) in [6, 6.07) is 8.53. The Bertz CT molecular complexity index is 716. The van der Waals surface area contributed by atoms with E-state index < -0.39 is 13.7 Å². The summed E-state index contributed by atoms with van der Waals surface area (Å²) in [5.41, 5.74) is 0.326. The van der Waals surface area contributed by atoms with Crippen LogP contribution in [-0.4, -0.2) is 42.5 Å². The molecule has 1 aromatic carbocycles. The number of ketones is 1. The fourth-order valence-electron chi connectivity index (χ4n) is 4.58. The van der Waals surface area contributed by atoms with Crippen molar-refractivity contribution < 1.29 is 14.3 Å². The standard InChI is InChI=1S/C23H35NO3Si/c1-23(2,3)27-22(26)24-18-8-7-9-19(24)15-17(14-18)21(25)16-10-12-20(13-11-16)28(4,5)6/h10-13,17-19H,7-9,14-15H2,1-6H3. The summed E-state index contributed by atoms with van der Waals surface area (Å²) in [5, 5.41) is 1.38. The minimum atomic E-state index is -1.36. The van der Waals surface area contributed by atoms with Crippen molar-refractivity contribution in [3.05, 3.63) is 29.8 Å². The van der Waals surface area contributed by atoms with E-state index in [1.807, 2.05) is 37.8 Å². The maximum atomic E-state index is 13.2. The highest BCUT2D eigenvalue weighted by atomic mass is 28.3. The highest BCUT2D eigenvalue weighted by molar-refractivity contribution is 6.88. The number of fused-ring (bicyclic) bond motifs is 2. The van der Waals surface area contributed by atoms with Crippen molar-refractivity contribution in [3.8, 4) is 0 Å². The average Bonchev–Trinajstić information content (AvgIpc) is 2.57. The van der Waals surface area contributed by atoms with Gasteiger partial charge in [0.2, 0.25) is 0 Å². The van der Waals surface area contributed by atoms with E-state index in [1.54, 1.807) is 0 Å². The van der Waals surface area contributed by atoms with E-state index in [4.69, 9.17) is 4.74 Å². The minimum Gasteiger partial charge on any atom is -0.444 e. The summed E-state index contributed by atoms with van der Waals surface area (Å²) in [6.07, 6.45) is 4.35. The normalized spacial score (nSPS) is 25.4. The van der Waals surface area contributed by atoms with Crippen LogP contribution >= 0.6 is 0 Å². The van der Waals surface area contributed by atoms with Gasteiger partial charge < -0.3 is 9.64 Å². The van der Waals surface area contributed by atoms with E-state index in [2.05, 4.69) is 31.8 Å². The Morgan fingerprint density at radius 3 is 2.00 bits per heavy atom. The van der Waals surface area contributed by atoms with Crippen molar-refractivity contribution in [2.45, 2.75) is 90.2 Å². The summed E-state index contributed by atoms with van der Waals surface area (Å²) in [6.45, 7) is 12.7. The van der Waals surface area contributed by atoms with Gasteiger partial charge in [-0.3, -0.25) is 4.79 Å². The van der Waals surface area contributed by atoms with Crippen LogP contribution < -0.4 is 5.19 Å². The molecule has 0 spiro atoms. The second kappa shape index (κ2) is 7.66. The maximum absolute atomic E-state index is 13.2. The number of ether oxygens (including phenoxy) is 1. The molecule has 0 saturated carbocycles. The van der Waals surface area contributed by atoms with Crippen LogP contribution in [-0.2, 0) is 4.74 Å². The zero-order chi connectivity index (χ0) is 20.7. The van der Waals surface area contributed by atoms with E-state index in [0.29, 0.717) is 0 Å². The first-order valence-corrected chi connectivity index (χ1v) is 14.1. The summed E-state index contributed by atoms with van der Waals surface area (Å²) < 4.78 is 5.64. The summed E-state index contributed by atoms with van der Waals surface area (Å²) in [7, 11) is -1.36. The molecule has 4 nitrogen and oxygen atoms in total. The largest absolute Gasteiger partial charge is 0.444 e. The third kappa shape index (κ3) is 4.68. The number of rotatable bonds is 3. The lowest BCUT2D eigenvalue weighted by atomic mass is 9.76. The zero-order valence-corrected chi connectivity index (χ0v) is 19.2. The third-order valence-electron chi connectivity index (χ3n) is 5.99. The first-order valence-electron chi connectivity index (χ1n) is 10.6. The van der Waals surface area contributed by atoms with Gasteiger partial charge in [-0.25, -0.2) is 4.79 Å². The SMILES string of the molecule is CC(C)(C)OC(=O)N1C2CCCC1CC(C(=O)c1ccc([Si](C)(C)C)cc1)C2. The van der Waals surface area contributed by atoms with Crippen LogP contribution in [0.1, 0.15) is 63.2 Å². The fraction of sp³-hybridized carbons (Fsp3) is 0.652. The van der Waals surface area contributed by atoms with Gasteiger partial charge >= 0.3 is 6.09 Å². The van der Waals surface area contributed by atoms with Crippen LogP contribution in [0.15, 0.2) is 24.3 Å². The molecule has 0 aromatic heterocycles. The topological polar surface area (TPSA) is 46.6 Å². The van der Waals surface area contributed by atoms with E-state index in [1.165, 1.54) is 5.19 Å². The molecule has 2 aliphatic rings. The molecule has 28 heavy (non-hydrogen) atoms.